The fraction of sp³-hybridized carbons (Fsp3) is 0.961. The number of thioether (sulfide) groups is 1. The summed E-state index contributed by atoms with van der Waals surface area (Å²) in [6.07, 6.45) is 57.9. The fourth-order valence-corrected chi connectivity index (χ4v) is 9.18. The van der Waals surface area contributed by atoms with Crippen molar-refractivity contribution < 1.29 is 44.3 Å². The molecule has 0 aliphatic carbocycles. The van der Waals surface area contributed by atoms with Gasteiger partial charge in [-0.2, -0.15) is 11.8 Å². The summed E-state index contributed by atoms with van der Waals surface area (Å²) < 4.78 is 0. The van der Waals surface area contributed by atoms with E-state index in [4.69, 9.17) is 0 Å². The maximum Gasteiger partial charge on any atom is 1.00 e. The summed E-state index contributed by atoms with van der Waals surface area (Å²) in [7, 11) is 1.96. The van der Waals surface area contributed by atoms with Crippen LogP contribution in [0.4, 0.5) is 0 Å². The van der Waals surface area contributed by atoms with Gasteiger partial charge in [0.2, 0.25) is 5.91 Å². The molecule has 0 spiro atoms. The Morgan fingerprint density at radius 2 is 0.614 bits per heavy atom. The van der Waals surface area contributed by atoms with Crippen molar-refractivity contribution in [3.8, 4) is 0 Å². The first kappa shape index (κ1) is 59.4. The number of hydrogen-bond donors (Lipinski definition) is 0. The number of carbonyl (C=O) groups excluding carboxylic acids is 2. The van der Waals surface area contributed by atoms with Gasteiger partial charge in [0.25, 0.3) is 0 Å². The van der Waals surface area contributed by atoms with Gasteiger partial charge in [-0.25, -0.2) is 0 Å². The number of aliphatic carboxylic acids is 1. The van der Waals surface area contributed by atoms with Gasteiger partial charge in [-0.1, -0.05) is 244 Å². The second kappa shape index (κ2) is 52.4. The van der Waals surface area contributed by atoms with Crippen LogP contribution in [-0.4, -0.2) is 41.9 Å². The first-order valence-corrected chi connectivity index (χ1v) is 26.7. The molecule has 0 aliphatic rings. The third-order valence-corrected chi connectivity index (χ3v) is 13.3. The van der Waals surface area contributed by atoms with Crippen LogP contribution < -0.4 is 34.7 Å². The fourth-order valence-electron chi connectivity index (χ4n) is 8.16. The van der Waals surface area contributed by atoms with E-state index in [1.165, 1.54) is 249 Å². The van der Waals surface area contributed by atoms with Crippen LogP contribution in [0.15, 0.2) is 0 Å². The minimum absolute atomic E-state index is 0. The molecule has 0 aliphatic heterocycles. The topological polar surface area (TPSA) is 60.4 Å². The summed E-state index contributed by atoms with van der Waals surface area (Å²) in [6, 6.07) is 0. The van der Waals surface area contributed by atoms with E-state index in [0.29, 0.717) is 12.3 Å². The summed E-state index contributed by atoms with van der Waals surface area (Å²) in [5, 5.41) is 10.4. The maximum atomic E-state index is 12.4. The summed E-state index contributed by atoms with van der Waals surface area (Å²) in [6.45, 7) is 3.18. The van der Waals surface area contributed by atoms with E-state index in [1.54, 1.807) is 0 Å². The van der Waals surface area contributed by atoms with Crippen LogP contribution in [0.1, 0.15) is 289 Å². The van der Waals surface area contributed by atoms with Gasteiger partial charge in [-0.3, -0.25) is 4.79 Å². The van der Waals surface area contributed by atoms with E-state index >= 15 is 0 Å². The normalized spacial score (nSPS) is 11.3. The van der Waals surface area contributed by atoms with Gasteiger partial charge in [0, 0.05) is 26.0 Å². The molecule has 0 radical (unpaired) electrons. The molecule has 0 unspecified atom stereocenters. The molecule has 0 saturated carbocycles. The Hall–Kier alpha value is 0.290. The number of hydrogen-bond acceptors (Lipinski definition) is 4. The quantitative estimate of drug-likeness (QED) is 0.0453. The Balaban J connectivity index is 0. The van der Waals surface area contributed by atoms with E-state index in [0.717, 1.165) is 38.6 Å². The number of carboxylic acid groups (broad SMARTS) is 1. The van der Waals surface area contributed by atoms with Crippen LogP contribution in [0.2, 0.25) is 0 Å². The number of unbranched alkanes of at least 4 members (excludes halogenated alkanes) is 39. The first-order chi connectivity index (χ1) is 27.6. The summed E-state index contributed by atoms with van der Waals surface area (Å²) in [4.78, 5) is 24.8. The third kappa shape index (κ3) is 52.4. The van der Waals surface area contributed by atoms with Crippen molar-refractivity contribution in [2.45, 2.75) is 289 Å². The molecular weight excluding hydrogens is 730 g/mol. The van der Waals surface area contributed by atoms with Gasteiger partial charge in [0.1, 0.15) is 0 Å². The molecule has 0 heterocycles. The molecule has 4 nitrogen and oxygen atoms in total. The molecule has 0 rings (SSSR count). The summed E-state index contributed by atoms with van der Waals surface area (Å²) >= 11 is 2.21. The Bertz CT molecular complexity index is 784. The summed E-state index contributed by atoms with van der Waals surface area (Å²) in [5.41, 5.74) is 0. The molecule has 6 heteroatoms. The Morgan fingerprint density at radius 1 is 0.368 bits per heavy atom. The molecule has 57 heavy (non-hydrogen) atoms. The molecule has 334 valence electrons. The zero-order valence-electron chi connectivity index (χ0n) is 39.3. The molecule has 0 N–H and O–H groups in total. The van der Waals surface area contributed by atoms with E-state index in [2.05, 4.69) is 18.7 Å². The van der Waals surface area contributed by atoms with Gasteiger partial charge in [0.15, 0.2) is 0 Å². The van der Waals surface area contributed by atoms with Gasteiger partial charge >= 0.3 is 29.6 Å². The molecule has 0 bridgehead atoms. The minimum Gasteiger partial charge on any atom is -0.550 e. The predicted octanol–water partition coefficient (Wildman–Crippen LogP) is 13.1. The molecule has 0 aromatic carbocycles. The second-order valence-electron chi connectivity index (χ2n) is 17.8. The molecule has 1 amide bonds. The molecule has 0 saturated heterocycles. The minimum atomic E-state index is -0.930. The van der Waals surface area contributed by atoms with Crippen molar-refractivity contribution in [1.29, 1.82) is 0 Å². The van der Waals surface area contributed by atoms with E-state index < -0.39 is 5.97 Å². The van der Waals surface area contributed by atoms with Crippen LogP contribution in [0.3, 0.4) is 0 Å². The Labute approximate surface area is 384 Å². The first-order valence-electron chi connectivity index (χ1n) is 25.6. The van der Waals surface area contributed by atoms with Crippen molar-refractivity contribution in [3.63, 3.8) is 0 Å². The van der Waals surface area contributed by atoms with E-state index in [1.807, 2.05) is 11.9 Å². The zero-order valence-corrected chi connectivity index (χ0v) is 42.1. The number of nitrogens with zero attached hydrogens (tertiary/aromatic N) is 1. The van der Waals surface area contributed by atoms with Crippen LogP contribution in [0, 0.1) is 0 Å². The third-order valence-electron chi connectivity index (χ3n) is 12.1. The SMILES string of the molecule is CCCCCCCCCCCCSCCCCCCCCCCCCCCCCCCCCCCCCCCC(=O)N(C)CCCCCCCCCCC(=O)[O-].[Na+]. The van der Waals surface area contributed by atoms with Gasteiger partial charge in [0.05, 0.1) is 0 Å². The average molecular weight is 830 g/mol. The van der Waals surface area contributed by atoms with Gasteiger partial charge < -0.3 is 14.8 Å². The van der Waals surface area contributed by atoms with Crippen molar-refractivity contribution >= 4 is 23.6 Å². The number of carboxylic acids is 1. The molecule has 0 aromatic rings. The number of amides is 1. The maximum absolute atomic E-state index is 12.4. The van der Waals surface area contributed by atoms with Crippen LogP contribution >= 0.6 is 11.8 Å². The van der Waals surface area contributed by atoms with Gasteiger partial charge in [-0.05, 0) is 50.0 Å². The molecule has 0 atom stereocenters. The van der Waals surface area contributed by atoms with Crippen LogP contribution in [0.5, 0.6) is 0 Å². The summed E-state index contributed by atoms with van der Waals surface area (Å²) in [5.74, 6) is 2.18. The average Bonchev–Trinajstić information content (AvgIpc) is 3.19. The van der Waals surface area contributed by atoms with Crippen molar-refractivity contribution in [3.05, 3.63) is 0 Å². The predicted molar refractivity (Wildman–Crippen MR) is 249 cm³/mol. The largest absolute Gasteiger partial charge is 1.00 e. The molecule has 0 fully saturated rings. The van der Waals surface area contributed by atoms with Crippen LogP contribution in [0.25, 0.3) is 0 Å². The van der Waals surface area contributed by atoms with Crippen LogP contribution in [-0.2, 0) is 9.59 Å². The molecule has 0 aromatic heterocycles. The van der Waals surface area contributed by atoms with Crippen molar-refractivity contribution in [2.75, 3.05) is 25.1 Å². The van der Waals surface area contributed by atoms with Crippen molar-refractivity contribution in [1.82, 2.24) is 4.90 Å². The number of rotatable bonds is 49. The second-order valence-corrected chi connectivity index (χ2v) is 19.0. The zero-order chi connectivity index (χ0) is 40.7. The Kier molecular flexibility index (Phi) is 54.6. The molecular formula is C51H100NNaO3S. The Morgan fingerprint density at radius 3 is 0.912 bits per heavy atom. The smallest absolute Gasteiger partial charge is 0.550 e. The van der Waals surface area contributed by atoms with E-state index in [-0.39, 0.29) is 36.0 Å². The van der Waals surface area contributed by atoms with E-state index in [9.17, 15) is 14.7 Å². The van der Waals surface area contributed by atoms with Crippen molar-refractivity contribution in [2.24, 2.45) is 0 Å². The number of carbonyl (C=O) groups is 2. The van der Waals surface area contributed by atoms with Gasteiger partial charge in [-0.15, -0.1) is 0 Å². The standard InChI is InChI=1S/C51H101NO3S.Na/c1-3-4-5-6-7-8-28-33-38-43-48-56-49-44-39-34-29-24-22-20-18-16-14-12-10-9-11-13-15-17-19-21-23-25-30-35-40-45-50(53)52(2)47-42-37-32-27-26-31-36-41-46-51(54)55;/h3-49H2,1-2H3,(H,54,55);/q;+1/p-1. The monoisotopic (exact) mass is 830 g/mol.